The van der Waals surface area contributed by atoms with Gasteiger partial charge in [-0.3, -0.25) is 14.5 Å². The highest BCUT2D eigenvalue weighted by Gasteiger charge is 2.26. The molecule has 6 heteroatoms. The first-order chi connectivity index (χ1) is 11.3. The second-order valence-corrected chi connectivity index (χ2v) is 6.01. The van der Waals surface area contributed by atoms with Crippen LogP contribution in [0.25, 0.3) is 0 Å². The molecule has 3 rings (SSSR count). The van der Waals surface area contributed by atoms with Crippen LogP contribution in [0.15, 0.2) is 37.1 Å². The largest absolute Gasteiger partial charge is 0.340 e. The molecule has 0 aliphatic carbocycles. The smallest absolute Gasteiger partial charge is 0.224 e. The van der Waals surface area contributed by atoms with Crippen LogP contribution < -0.4 is 0 Å². The molecule has 0 unspecified atom stereocenters. The topological polar surface area (TPSA) is 63.9 Å². The number of carbonyl (C=O) groups is 1. The van der Waals surface area contributed by atoms with Crippen molar-refractivity contribution in [3.8, 4) is 0 Å². The van der Waals surface area contributed by atoms with E-state index < -0.39 is 0 Å². The van der Waals surface area contributed by atoms with E-state index in [2.05, 4.69) is 26.0 Å². The van der Waals surface area contributed by atoms with Crippen LogP contribution in [0, 0.1) is 0 Å². The van der Waals surface area contributed by atoms with Gasteiger partial charge in [0.2, 0.25) is 5.91 Å². The molecular weight excluding hydrogens is 290 g/mol. The van der Waals surface area contributed by atoms with E-state index in [1.54, 1.807) is 11.0 Å². The first-order valence-corrected chi connectivity index (χ1v) is 8.35. The van der Waals surface area contributed by atoms with Gasteiger partial charge in [-0.05, 0) is 44.2 Å². The van der Waals surface area contributed by atoms with Crippen LogP contribution in [-0.2, 0) is 17.8 Å². The molecule has 1 fully saturated rings. The minimum absolute atomic E-state index is 0.228. The minimum atomic E-state index is 0.228. The van der Waals surface area contributed by atoms with E-state index in [0.29, 0.717) is 19.0 Å². The van der Waals surface area contributed by atoms with Crippen LogP contribution in [0.4, 0.5) is 0 Å². The average Bonchev–Trinajstić information content (AvgIpc) is 3.12. The number of piperidine rings is 1. The lowest BCUT2D eigenvalue weighted by Crippen LogP contribution is -2.44. The number of pyridine rings is 1. The fourth-order valence-electron chi connectivity index (χ4n) is 3.19. The molecule has 3 heterocycles. The zero-order chi connectivity index (χ0) is 15.9. The lowest BCUT2D eigenvalue weighted by molar-refractivity contribution is -0.135. The molecule has 0 spiro atoms. The molecule has 6 nitrogen and oxygen atoms in total. The molecule has 23 heavy (non-hydrogen) atoms. The predicted octanol–water partition coefficient (Wildman–Crippen LogP) is 2.08. The van der Waals surface area contributed by atoms with E-state index >= 15 is 0 Å². The summed E-state index contributed by atoms with van der Waals surface area (Å²) >= 11 is 0. The highest BCUT2D eigenvalue weighted by atomic mass is 16.2. The Hall–Kier alpha value is -2.24. The molecular formula is C17H23N5O. The summed E-state index contributed by atoms with van der Waals surface area (Å²) in [6.07, 6.45) is 10.8. The standard InChI is InChI=1S/C17H23N5O/c23-17(9-12-21-14-18-13-20-21)22-11-4-2-6-16(22)8-7-15-5-1-3-10-19-15/h1,3,5,10,13-14,16H,2,4,6-9,11-12H2/t16-/m0/s1. The molecule has 0 aromatic carbocycles. The van der Waals surface area contributed by atoms with E-state index in [0.717, 1.165) is 37.9 Å². The molecule has 1 aliphatic rings. The lowest BCUT2D eigenvalue weighted by Gasteiger charge is -2.36. The van der Waals surface area contributed by atoms with Gasteiger partial charge in [-0.1, -0.05) is 6.07 Å². The third-order valence-corrected chi connectivity index (χ3v) is 4.43. The second-order valence-electron chi connectivity index (χ2n) is 6.01. The summed E-state index contributed by atoms with van der Waals surface area (Å²) in [5.41, 5.74) is 1.10. The van der Waals surface area contributed by atoms with Gasteiger partial charge in [0.25, 0.3) is 0 Å². The van der Waals surface area contributed by atoms with Crippen molar-refractivity contribution in [3.63, 3.8) is 0 Å². The number of likely N-dealkylation sites (tertiary alicyclic amines) is 1. The highest BCUT2D eigenvalue weighted by molar-refractivity contribution is 5.76. The number of rotatable bonds is 6. The summed E-state index contributed by atoms with van der Waals surface area (Å²) in [5, 5.41) is 4.05. The maximum absolute atomic E-state index is 12.6. The van der Waals surface area contributed by atoms with Gasteiger partial charge in [-0.15, -0.1) is 0 Å². The molecule has 0 bridgehead atoms. The Kier molecular flexibility index (Phi) is 5.34. The molecule has 1 saturated heterocycles. The van der Waals surface area contributed by atoms with Crippen molar-refractivity contribution >= 4 is 5.91 Å². The molecule has 122 valence electrons. The number of nitrogens with zero attached hydrogens (tertiary/aromatic N) is 5. The van der Waals surface area contributed by atoms with E-state index in [1.807, 2.05) is 18.3 Å². The van der Waals surface area contributed by atoms with E-state index in [4.69, 9.17) is 0 Å². The summed E-state index contributed by atoms with van der Waals surface area (Å²) in [4.78, 5) is 22.9. The van der Waals surface area contributed by atoms with Crippen LogP contribution in [0.3, 0.4) is 0 Å². The van der Waals surface area contributed by atoms with Crippen LogP contribution in [0.2, 0.25) is 0 Å². The first-order valence-electron chi connectivity index (χ1n) is 8.35. The van der Waals surface area contributed by atoms with Gasteiger partial charge < -0.3 is 4.90 Å². The lowest BCUT2D eigenvalue weighted by atomic mass is 9.96. The molecule has 1 aliphatic heterocycles. The van der Waals surface area contributed by atoms with Gasteiger partial charge in [0, 0.05) is 30.9 Å². The number of aromatic nitrogens is 4. The van der Waals surface area contributed by atoms with E-state index in [9.17, 15) is 4.79 Å². The maximum Gasteiger partial charge on any atom is 0.224 e. The Morgan fingerprint density at radius 1 is 1.30 bits per heavy atom. The Morgan fingerprint density at radius 3 is 3.04 bits per heavy atom. The first kappa shape index (κ1) is 15.6. The van der Waals surface area contributed by atoms with Crippen molar-refractivity contribution in [2.45, 2.75) is 51.1 Å². The fraction of sp³-hybridized carbons (Fsp3) is 0.529. The molecule has 1 atom stereocenters. The van der Waals surface area contributed by atoms with E-state index in [-0.39, 0.29) is 5.91 Å². The third kappa shape index (κ3) is 4.37. The van der Waals surface area contributed by atoms with Crippen LogP contribution in [0.1, 0.15) is 37.8 Å². The number of hydrogen-bond donors (Lipinski definition) is 0. The summed E-state index contributed by atoms with van der Waals surface area (Å²) in [6.45, 7) is 1.48. The van der Waals surface area contributed by atoms with Crippen molar-refractivity contribution in [2.75, 3.05) is 6.54 Å². The summed E-state index contributed by atoms with van der Waals surface area (Å²) in [6, 6.07) is 6.35. The van der Waals surface area contributed by atoms with Crippen LogP contribution in [-0.4, -0.2) is 43.1 Å². The average molecular weight is 313 g/mol. The van der Waals surface area contributed by atoms with Crippen LogP contribution in [0.5, 0.6) is 0 Å². The summed E-state index contributed by atoms with van der Waals surface area (Å²) in [5.74, 6) is 0.228. The zero-order valence-corrected chi connectivity index (χ0v) is 13.3. The Bertz CT molecular complexity index is 599. The minimum Gasteiger partial charge on any atom is -0.340 e. The molecule has 1 amide bonds. The molecule has 2 aromatic heterocycles. The molecule has 2 aromatic rings. The monoisotopic (exact) mass is 313 g/mol. The summed E-state index contributed by atoms with van der Waals surface area (Å²) in [7, 11) is 0. The zero-order valence-electron chi connectivity index (χ0n) is 13.3. The summed E-state index contributed by atoms with van der Waals surface area (Å²) < 4.78 is 1.71. The van der Waals surface area contributed by atoms with Gasteiger partial charge in [0.15, 0.2) is 0 Å². The maximum atomic E-state index is 12.6. The van der Waals surface area contributed by atoms with Crippen LogP contribution >= 0.6 is 0 Å². The van der Waals surface area contributed by atoms with Gasteiger partial charge in [0.1, 0.15) is 12.7 Å². The highest BCUT2D eigenvalue weighted by Crippen LogP contribution is 2.22. The van der Waals surface area contributed by atoms with Gasteiger partial charge in [-0.2, -0.15) is 5.10 Å². The van der Waals surface area contributed by atoms with Gasteiger partial charge in [-0.25, -0.2) is 4.98 Å². The fourth-order valence-corrected chi connectivity index (χ4v) is 3.19. The van der Waals surface area contributed by atoms with Crippen molar-refractivity contribution < 1.29 is 4.79 Å². The number of amides is 1. The van der Waals surface area contributed by atoms with Crippen molar-refractivity contribution in [2.24, 2.45) is 0 Å². The van der Waals surface area contributed by atoms with Crippen molar-refractivity contribution in [1.29, 1.82) is 0 Å². The molecule has 0 saturated carbocycles. The van der Waals surface area contributed by atoms with Crippen molar-refractivity contribution in [3.05, 3.63) is 42.7 Å². The Labute approximate surface area is 136 Å². The molecule has 0 radical (unpaired) electrons. The predicted molar refractivity (Wildman–Crippen MR) is 86.5 cm³/mol. The molecule has 0 N–H and O–H groups in total. The number of aryl methyl sites for hydroxylation is 2. The normalized spacial score (nSPS) is 18.1. The quantitative estimate of drug-likeness (QED) is 0.819. The SMILES string of the molecule is O=C(CCn1cncn1)N1CCCC[C@H]1CCc1ccccn1. The third-order valence-electron chi connectivity index (χ3n) is 4.43. The van der Waals surface area contributed by atoms with Crippen molar-refractivity contribution in [1.82, 2.24) is 24.6 Å². The van der Waals surface area contributed by atoms with E-state index in [1.165, 1.54) is 12.7 Å². The van der Waals surface area contributed by atoms with Gasteiger partial charge in [0.05, 0.1) is 6.54 Å². The Morgan fingerprint density at radius 2 is 2.26 bits per heavy atom. The number of hydrogen-bond acceptors (Lipinski definition) is 4. The Balaban J connectivity index is 1.53. The second kappa shape index (κ2) is 7.85. The number of carbonyl (C=O) groups excluding carboxylic acids is 1. The van der Waals surface area contributed by atoms with Gasteiger partial charge >= 0.3 is 0 Å².